The largest absolute Gasteiger partial charge is 0.496 e. The highest BCUT2D eigenvalue weighted by Gasteiger charge is 2.29. The van der Waals surface area contributed by atoms with E-state index in [0.717, 1.165) is 42.8 Å². The number of quaternary nitrogens is 1. The maximum Gasteiger partial charge on any atom is 0.277 e. The van der Waals surface area contributed by atoms with E-state index in [2.05, 4.69) is 18.2 Å². The van der Waals surface area contributed by atoms with E-state index in [-0.39, 0.29) is 5.91 Å². The summed E-state index contributed by atoms with van der Waals surface area (Å²) in [5, 5.41) is 1.22. The molecule has 1 saturated heterocycles. The zero-order valence-electron chi connectivity index (χ0n) is 17.1. The van der Waals surface area contributed by atoms with Crippen molar-refractivity contribution in [1.82, 2.24) is 9.88 Å². The highest BCUT2D eigenvalue weighted by molar-refractivity contribution is 7.18. The van der Waals surface area contributed by atoms with Crippen LogP contribution in [0.3, 0.4) is 0 Å². The lowest BCUT2D eigenvalue weighted by Crippen LogP contribution is -3.14. The van der Waals surface area contributed by atoms with Crippen LogP contribution >= 0.6 is 11.3 Å². The summed E-state index contributed by atoms with van der Waals surface area (Å²) in [4.78, 5) is 20.9. The summed E-state index contributed by atoms with van der Waals surface area (Å²) < 4.78 is 6.67. The third kappa shape index (κ3) is 4.60. The maximum absolute atomic E-state index is 12.9. The first-order valence-electron chi connectivity index (χ1n) is 10.2. The summed E-state index contributed by atoms with van der Waals surface area (Å²) in [6.45, 7) is 3.13. The minimum atomic E-state index is 0.177. The van der Waals surface area contributed by atoms with Crippen LogP contribution in [0.5, 0.6) is 5.75 Å². The number of rotatable bonds is 6. The van der Waals surface area contributed by atoms with Crippen LogP contribution in [-0.2, 0) is 11.3 Å². The number of carbonyl (C=O) groups excluding carboxylic acids is 1. The number of fused-ring (bicyclic) bond motifs is 1. The minimum Gasteiger partial charge on any atom is -0.496 e. The van der Waals surface area contributed by atoms with Crippen LogP contribution in [0.25, 0.3) is 10.2 Å². The molecule has 1 aliphatic rings. The van der Waals surface area contributed by atoms with Crippen molar-refractivity contribution in [3.63, 3.8) is 0 Å². The number of carbonyl (C=O) groups is 1. The van der Waals surface area contributed by atoms with Gasteiger partial charge in [-0.25, -0.2) is 4.98 Å². The van der Waals surface area contributed by atoms with Gasteiger partial charge in [0.1, 0.15) is 10.8 Å². The number of piperidine rings is 1. The van der Waals surface area contributed by atoms with Crippen molar-refractivity contribution in [3.8, 4) is 5.75 Å². The Bertz CT molecular complexity index is 954. The minimum absolute atomic E-state index is 0.177. The van der Waals surface area contributed by atoms with Crippen LogP contribution in [0.1, 0.15) is 29.3 Å². The second-order valence-electron chi connectivity index (χ2n) is 7.80. The molecule has 1 amide bonds. The molecule has 1 aliphatic heterocycles. The van der Waals surface area contributed by atoms with E-state index in [1.165, 1.54) is 14.6 Å². The Morgan fingerprint density at radius 3 is 2.86 bits per heavy atom. The molecular formula is C23H28N3O2S+. The van der Waals surface area contributed by atoms with Gasteiger partial charge in [-0.15, -0.1) is 11.3 Å². The Hall–Kier alpha value is -2.44. The number of nitrogens with zero attached hydrogens (tertiary/aromatic N) is 2. The van der Waals surface area contributed by atoms with Gasteiger partial charge in [0.25, 0.3) is 5.91 Å². The highest BCUT2D eigenvalue weighted by Crippen LogP contribution is 2.30. The van der Waals surface area contributed by atoms with Crippen LogP contribution in [-0.4, -0.2) is 49.6 Å². The number of hydrogen-bond donors (Lipinski definition) is 1. The Kier molecular flexibility index (Phi) is 6.11. The molecule has 2 aromatic carbocycles. The molecule has 2 atom stereocenters. The molecule has 1 N–H and O–H groups in total. The third-order valence-corrected chi connectivity index (χ3v) is 6.90. The zero-order chi connectivity index (χ0) is 20.2. The Balaban J connectivity index is 1.37. The van der Waals surface area contributed by atoms with Crippen LogP contribution < -0.4 is 9.64 Å². The molecule has 152 valence electrons. The average molecular weight is 411 g/mol. The van der Waals surface area contributed by atoms with Gasteiger partial charge in [-0.1, -0.05) is 30.3 Å². The number of nitrogens with one attached hydrogen (secondary N) is 1. The van der Waals surface area contributed by atoms with Gasteiger partial charge in [0, 0.05) is 19.2 Å². The fourth-order valence-electron chi connectivity index (χ4n) is 4.11. The fourth-order valence-corrected chi connectivity index (χ4v) is 5.22. The summed E-state index contributed by atoms with van der Waals surface area (Å²) in [5.74, 6) is 1.45. The summed E-state index contributed by atoms with van der Waals surface area (Å²) in [7, 11) is 3.55. The number of aromatic nitrogens is 1. The number of ether oxygens (including phenoxy) is 1. The smallest absolute Gasteiger partial charge is 0.277 e. The number of likely N-dealkylation sites (N-methyl/N-ethyl adjacent to an activating group) is 1. The molecule has 0 radical (unpaired) electrons. The molecule has 5 nitrogen and oxygen atoms in total. The van der Waals surface area contributed by atoms with Crippen molar-refractivity contribution in [2.24, 2.45) is 0 Å². The number of amides is 1. The molecule has 6 heteroatoms. The van der Waals surface area contributed by atoms with Crippen molar-refractivity contribution in [2.75, 3.05) is 33.8 Å². The molecule has 3 aromatic rings. The Morgan fingerprint density at radius 1 is 1.24 bits per heavy atom. The molecule has 0 aliphatic carbocycles. The lowest BCUT2D eigenvalue weighted by atomic mass is 9.98. The Labute approximate surface area is 175 Å². The van der Waals surface area contributed by atoms with Crippen LogP contribution in [0.4, 0.5) is 0 Å². The molecule has 0 bridgehead atoms. The van der Waals surface area contributed by atoms with Gasteiger partial charge in [0.2, 0.25) is 0 Å². The van der Waals surface area contributed by atoms with Crippen LogP contribution in [0.2, 0.25) is 0 Å². The summed E-state index contributed by atoms with van der Waals surface area (Å²) in [5.41, 5.74) is 2.12. The number of para-hydroxylation sites is 2. The lowest BCUT2D eigenvalue weighted by Gasteiger charge is -2.29. The van der Waals surface area contributed by atoms with E-state index in [1.54, 1.807) is 18.4 Å². The van der Waals surface area contributed by atoms with Gasteiger partial charge in [-0.2, -0.15) is 0 Å². The molecule has 1 fully saturated rings. The molecule has 1 unspecified atom stereocenters. The second-order valence-corrected chi connectivity index (χ2v) is 8.86. The van der Waals surface area contributed by atoms with Gasteiger partial charge in [0.15, 0.2) is 6.54 Å². The van der Waals surface area contributed by atoms with E-state index in [1.807, 2.05) is 42.3 Å². The Morgan fingerprint density at radius 2 is 2.03 bits per heavy atom. The van der Waals surface area contributed by atoms with Gasteiger partial charge >= 0.3 is 0 Å². The normalized spacial score (nSPS) is 19.2. The van der Waals surface area contributed by atoms with Crippen molar-refractivity contribution in [3.05, 3.63) is 59.1 Å². The zero-order valence-corrected chi connectivity index (χ0v) is 17.9. The number of likely N-dealkylation sites (tertiary alicyclic amines) is 1. The van der Waals surface area contributed by atoms with Crippen LogP contribution in [0, 0.1) is 0 Å². The van der Waals surface area contributed by atoms with E-state index in [9.17, 15) is 4.79 Å². The lowest BCUT2D eigenvalue weighted by molar-refractivity contribution is -0.898. The second kappa shape index (κ2) is 8.93. The molecule has 29 heavy (non-hydrogen) atoms. The van der Waals surface area contributed by atoms with Crippen molar-refractivity contribution in [2.45, 2.75) is 25.3 Å². The average Bonchev–Trinajstić information content (AvgIpc) is 3.18. The fraction of sp³-hybridized carbons (Fsp3) is 0.391. The monoisotopic (exact) mass is 410 g/mol. The van der Waals surface area contributed by atoms with Gasteiger partial charge in [-0.3, -0.25) is 4.79 Å². The highest BCUT2D eigenvalue weighted by atomic mass is 32.1. The first kappa shape index (κ1) is 19.9. The van der Waals surface area contributed by atoms with E-state index >= 15 is 0 Å². The molecule has 4 rings (SSSR count). The molecular weight excluding hydrogens is 382 g/mol. The topological polar surface area (TPSA) is 46.9 Å². The quantitative estimate of drug-likeness (QED) is 0.680. The molecule has 2 heterocycles. The maximum atomic E-state index is 12.9. The van der Waals surface area contributed by atoms with Gasteiger partial charge in [-0.05, 0) is 31.0 Å². The molecule has 1 aromatic heterocycles. The van der Waals surface area contributed by atoms with Crippen molar-refractivity contribution in [1.29, 1.82) is 0 Å². The third-order valence-electron chi connectivity index (χ3n) is 5.70. The van der Waals surface area contributed by atoms with Gasteiger partial charge < -0.3 is 14.5 Å². The number of thiazole rings is 1. The van der Waals surface area contributed by atoms with Crippen molar-refractivity contribution < 1.29 is 14.4 Å². The predicted molar refractivity (Wildman–Crippen MR) is 117 cm³/mol. The first-order chi connectivity index (χ1) is 14.1. The standard InChI is InChI=1S/C23H27N3O2S/c1-25(14-17-8-3-5-11-20(17)28-2)22(27)16-26-13-7-9-18(15-26)23-24-19-10-4-6-12-21(19)29-23/h3-6,8,10-12,18H,7,9,13-16H2,1-2H3/p+1/t18-/m1/s1. The number of benzene rings is 2. The van der Waals surface area contributed by atoms with E-state index < -0.39 is 0 Å². The molecule has 0 saturated carbocycles. The first-order valence-corrected chi connectivity index (χ1v) is 11.0. The summed E-state index contributed by atoms with van der Waals surface area (Å²) in [6.07, 6.45) is 2.30. The number of hydrogen-bond acceptors (Lipinski definition) is 4. The van der Waals surface area contributed by atoms with Crippen LogP contribution in [0.15, 0.2) is 48.5 Å². The van der Waals surface area contributed by atoms with E-state index in [4.69, 9.17) is 9.72 Å². The summed E-state index contributed by atoms with van der Waals surface area (Å²) in [6, 6.07) is 16.2. The SMILES string of the molecule is COc1ccccc1CN(C)C(=O)C[NH+]1CCC[C@@H](c2nc3ccccc3s2)C1. The molecule has 0 spiro atoms. The van der Waals surface area contributed by atoms with Gasteiger partial charge in [0.05, 0.1) is 36.3 Å². The predicted octanol–water partition coefficient (Wildman–Crippen LogP) is 2.73. The number of methoxy groups -OCH3 is 1. The van der Waals surface area contributed by atoms with E-state index in [0.29, 0.717) is 19.0 Å². The summed E-state index contributed by atoms with van der Waals surface area (Å²) >= 11 is 1.80. The van der Waals surface area contributed by atoms with Crippen molar-refractivity contribution >= 4 is 27.5 Å².